The first-order chi connectivity index (χ1) is 9.10. The van der Waals surface area contributed by atoms with Gasteiger partial charge in [-0.3, -0.25) is 0 Å². The van der Waals surface area contributed by atoms with Crippen LogP contribution in [0.5, 0.6) is 5.75 Å². The minimum atomic E-state index is -0.395. The standard InChI is InChI=1S/C15H22FNOS/c1-3-19-13-6-5-12(9-13)17-10(2)14-7-4-11(16)8-15(14)18/h4,7-8,10,12-13,17-18H,3,5-6,9H2,1-2H3. The van der Waals surface area contributed by atoms with Crippen molar-refractivity contribution >= 4 is 11.8 Å². The number of aromatic hydroxyl groups is 1. The van der Waals surface area contributed by atoms with E-state index >= 15 is 0 Å². The number of phenolic OH excluding ortho intramolecular Hbond substituents is 1. The van der Waals surface area contributed by atoms with Crippen molar-refractivity contribution < 1.29 is 9.50 Å². The summed E-state index contributed by atoms with van der Waals surface area (Å²) < 4.78 is 13.0. The van der Waals surface area contributed by atoms with E-state index in [1.807, 2.05) is 18.7 Å². The number of phenols is 1. The lowest BCUT2D eigenvalue weighted by Gasteiger charge is -2.20. The van der Waals surface area contributed by atoms with Gasteiger partial charge >= 0.3 is 0 Å². The summed E-state index contributed by atoms with van der Waals surface area (Å²) in [7, 11) is 0. The van der Waals surface area contributed by atoms with Crippen molar-refractivity contribution in [3.8, 4) is 5.75 Å². The van der Waals surface area contributed by atoms with Gasteiger partial charge in [-0.05, 0) is 38.0 Å². The minimum absolute atomic E-state index is 0.0393. The molecule has 106 valence electrons. The second kappa shape index (κ2) is 6.62. The summed E-state index contributed by atoms with van der Waals surface area (Å²) in [6.45, 7) is 4.22. The van der Waals surface area contributed by atoms with Crippen LogP contribution in [0, 0.1) is 5.82 Å². The molecule has 1 fully saturated rings. The molecule has 0 radical (unpaired) electrons. The summed E-state index contributed by atoms with van der Waals surface area (Å²) in [4.78, 5) is 0. The molecule has 0 saturated heterocycles. The fourth-order valence-corrected chi connectivity index (χ4v) is 3.95. The third-order valence-corrected chi connectivity index (χ3v) is 4.96. The molecule has 0 amide bonds. The number of nitrogens with one attached hydrogen (secondary N) is 1. The summed E-state index contributed by atoms with van der Waals surface area (Å²) in [6.07, 6.45) is 3.63. The van der Waals surface area contributed by atoms with Crippen molar-refractivity contribution in [2.24, 2.45) is 0 Å². The van der Waals surface area contributed by atoms with Gasteiger partial charge in [0.1, 0.15) is 11.6 Å². The topological polar surface area (TPSA) is 32.3 Å². The van der Waals surface area contributed by atoms with Crippen LogP contribution in [0.3, 0.4) is 0 Å². The predicted molar refractivity (Wildman–Crippen MR) is 79.2 cm³/mol. The van der Waals surface area contributed by atoms with Crippen LogP contribution in [0.1, 0.15) is 44.7 Å². The van der Waals surface area contributed by atoms with Gasteiger partial charge in [-0.2, -0.15) is 11.8 Å². The first-order valence-corrected chi connectivity index (χ1v) is 8.01. The lowest BCUT2D eigenvalue weighted by molar-refractivity contribution is 0.424. The zero-order chi connectivity index (χ0) is 13.8. The van der Waals surface area contributed by atoms with Gasteiger partial charge in [0.05, 0.1) is 0 Å². The number of rotatable bonds is 5. The minimum Gasteiger partial charge on any atom is -0.508 e. The van der Waals surface area contributed by atoms with Crippen LogP contribution in [0.15, 0.2) is 18.2 Å². The molecule has 1 aliphatic rings. The Morgan fingerprint density at radius 3 is 2.95 bits per heavy atom. The third kappa shape index (κ3) is 3.86. The molecule has 0 aromatic heterocycles. The van der Waals surface area contributed by atoms with Crippen LogP contribution in [0.25, 0.3) is 0 Å². The van der Waals surface area contributed by atoms with Crippen molar-refractivity contribution in [2.45, 2.75) is 50.4 Å². The van der Waals surface area contributed by atoms with Gasteiger partial charge in [0.2, 0.25) is 0 Å². The van der Waals surface area contributed by atoms with Gasteiger partial charge in [0, 0.05) is 29.0 Å². The van der Waals surface area contributed by atoms with E-state index in [1.165, 1.54) is 37.1 Å². The second-order valence-electron chi connectivity index (χ2n) is 5.18. The Hall–Kier alpha value is -0.740. The van der Waals surface area contributed by atoms with E-state index in [4.69, 9.17) is 0 Å². The Bertz CT molecular complexity index is 427. The fraction of sp³-hybridized carbons (Fsp3) is 0.600. The highest BCUT2D eigenvalue weighted by Gasteiger charge is 2.26. The highest BCUT2D eigenvalue weighted by Crippen LogP contribution is 2.32. The number of hydrogen-bond donors (Lipinski definition) is 2. The average molecular weight is 283 g/mol. The molecule has 3 atom stereocenters. The van der Waals surface area contributed by atoms with Crippen molar-refractivity contribution in [3.63, 3.8) is 0 Å². The monoisotopic (exact) mass is 283 g/mol. The molecule has 1 aromatic carbocycles. The maximum Gasteiger partial charge on any atom is 0.126 e. The highest BCUT2D eigenvalue weighted by atomic mass is 32.2. The van der Waals surface area contributed by atoms with Crippen LogP contribution < -0.4 is 5.32 Å². The van der Waals surface area contributed by atoms with Crippen LogP contribution >= 0.6 is 11.8 Å². The van der Waals surface area contributed by atoms with E-state index in [0.29, 0.717) is 6.04 Å². The van der Waals surface area contributed by atoms with E-state index in [1.54, 1.807) is 6.07 Å². The van der Waals surface area contributed by atoms with E-state index < -0.39 is 5.82 Å². The molecule has 1 aromatic rings. The Morgan fingerprint density at radius 2 is 2.26 bits per heavy atom. The first-order valence-electron chi connectivity index (χ1n) is 6.96. The third-order valence-electron chi connectivity index (χ3n) is 3.73. The van der Waals surface area contributed by atoms with Gasteiger partial charge in [-0.15, -0.1) is 0 Å². The van der Waals surface area contributed by atoms with Gasteiger partial charge < -0.3 is 10.4 Å². The Kier molecular flexibility index (Phi) is 5.11. The van der Waals surface area contributed by atoms with E-state index in [0.717, 1.165) is 10.8 Å². The molecule has 0 heterocycles. The molecule has 19 heavy (non-hydrogen) atoms. The Labute approximate surface area is 118 Å². The molecule has 0 aliphatic heterocycles. The summed E-state index contributed by atoms with van der Waals surface area (Å²) in [5, 5.41) is 14.1. The van der Waals surface area contributed by atoms with E-state index in [-0.39, 0.29) is 11.8 Å². The highest BCUT2D eigenvalue weighted by molar-refractivity contribution is 7.99. The predicted octanol–water partition coefficient (Wildman–Crippen LogP) is 3.86. The molecular weight excluding hydrogens is 261 g/mol. The molecule has 0 bridgehead atoms. The SMILES string of the molecule is CCSC1CCC(NC(C)c2ccc(F)cc2O)C1. The maximum absolute atomic E-state index is 13.0. The fourth-order valence-electron chi connectivity index (χ4n) is 2.80. The molecule has 1 aliphatic carbocycles. The average Bonchev–Trinajstić information content (AvgIpc) is 2.76. The number of halogens is 1. The van der Waals surface area contributed by atoms with Gasteiger partial charge in [0.15, 0.2) is 0 Å². The Morgan fingerprint density at radius 1 is 1.47 bits per heavy atom. The molecule has 4 heteroatoms. The van der Waals surface area contributed by atoms with Crippen LogP contribution in [0.4, 0.5) is 4.39 Å². The molecule has 3 unspecified atom stereocenters. The van der Waals surface area contributed by atoms with E-state index in [2.05, 4.69) is 12.2 Å². The van der Waals surface area contributed by atoms with Crippen molar-refractivity contribution in [2.75, 3.05) is 5.75 Å². The number of benzene rings is 1. The van der Waals surface area contributed by atoms with Crippen LogP contribution in [-0.2, 0) is 0 Å². The number of thioether (sulfide) groups is 1. The van der Waals surface area contributed by atoms with E-state index in [9.17, 15) is 9.50 Å². The summed E-state index contributed by atoms with van der Waals surface area (Å²) >= 11 is 2.03. The molecule has 2 nitrogen and oxygen atoms in total. The van der Waals surface area contributed by atoms with Crippen LogP contribution in [0.2, 0.25) is 0 Å². The lowest BCUT2D eigenvalue weighted by atomic mass is 10.1. The summed E-state index contributed by atoms with van der Waals surface area (Å²) in [5.41, 5.74) is 0.771. The van der Waals surface area contributed by atoms with Crippen LogP contribution in [-0.4, -0.2) is 22.2 Å². The largest absolute Gasteiger partial charge is 0.508 e. The molecule has 2 N–H and O–H groups in total. The van der Waals surface area contributed by atoms with Crippen molar-refractivity contribution in [1.29, 1.82) is 0 Å². The van der Waals surface area contributed by atoms with Gasteiger partial charge in [-0.25, -0.2) is 4.39 Å². The zero-order valence-corrected chi connectivity index (χ0v) is 12.3. The molecule has 0 spiro atoms. The van der Waals surface area contributed by atoms with Gasteiger partial charge in [0.25, 0.3) is 0 Å². The summed E-state index contributed by atoms with van der Waals surface area (Å²) in [5.74, 6) is 0.817. The second-order valence-corrected chi connectivity index (χ2v) is 6.76. The summed E-state index contributed by atoms with van der Waals surface area (Å²) in [6, 6.07) is 4.80. The molecule has 1 saturated carbocycles. The maximum atomic E-state index is 13.0. The normalized spacial score (nSPS) is 24.6. The smallest absolute Gasteiger partial charge is 0.126 e. The first kappa shape index (κ1) is 14.7. The zero-order valence-electron chi connectivity index (χ0n) is 11.5. The molecular formula is C15H22FNOS. The van der Waals surface area contributed by atoms with Crippen molar-refractivity contribution in [3.05, 3.63) is 29.6 Å². The Balaban J connectivity index is 1.92. The quantitative estimate of drug-likeness (QED) is 0.860. The number of hydrogen-bond acceptors (Lipinski definition) is 3. The lowest BCUT2D eigenvalue weighted by Crippen LogP contribution is -2.29. The van der Waals surface area contributed by atoms with Crippen molar-refractivity contribution in [1.82, 2.24) is 5.32 Å². The van der Waals surface area contributed by atoms with Gasteiger partial charge in [-0.1, -0.05) is 13.0 Å². The molecule has 2 rings (SSSR count).